The summed E-state index contributed by atoms with van der Waals surface area (Å²) in [6, 6.07) is 12.7. The highest BCUT2D eigenvalue weighted by molar-refractivity contribution is 9.10. The van der Waals surface area contributed by atoms with Gasteiger partial charge in [0.05, 0.1) is 11.8 Å². The van der Waals surface area contributed by atoms with E-state index in [2.05, 4.69) is 15.9 Å². The zero-order chi connectivity index (χ0) is 14.7. The maximum absolute atomic E-state index is 14.1. The molecule has 0 saturated carbocycles. The molecule has 0 bridgehead atoms. The molecule has 0 aromatic heterocycles. The third-order valence-electron chi connectivity index (χ3n) is 3.23. The van der Waals surface area contributed by atoms with Crippen molar-refractivity contribution in [3.8, 4) is 0 Å². The van der Waals surface area contributed by atoms with E-state index in [0.717, 1.165) is 10.0 Å². The van der Waals surface area contributed by atoms with Crippen LogP contribution in [0.4, 0.5) is 10.1 Å². The number of hydrogen-bond acceptors (Lipinski definition) is 2. The normalized spacial score (nSPS) is 12.2. The zero-order valence-corrected chi connectivity index (χ0v) is 13.1. The molecular formula is C16H17BrFNO. The Hall–Kier alpha value is -1.39. The van der Waals surface area contributed by atoms with Gasteiger partial charge in [0, 0.05) is 18.1 Å². The number of rotatable bonds is 4. The van der Waals surface area contributed by atoms with Crippen molar-refractivity contribution in [2.75, 3.05) is 11.9 Å². The van der Waals surface area contributed by atoms with E-state index in [1.807, 2.05) is 36.2 Å². The molecule has 2 rings (SSSR count). The van der Waals surface area contributed by atoms with Crippen molar-refractivity contribution in [1.29, 1.82) is 0 Å². The molecule has 0 fully saturated rings. The van der Waals surface area contributed by atoms with Crippen LogP contribution >= 0.6 is 15.9 Å². The predicted molar refractivity (Wildman–Crippen MR) is 83.3 cm³/mol. The van der Waals surface area contributed by atoms with Crippen LogP contribution in [0, 0.1) is 5.82 Å². The zero-order valence-electron chi connectivity index (χ0n) is 11.5. The summed E-state index contributed by atoms with van der Waals surface area (Å²) < 4.78 is 15.1. The van der Waals surface area contributed by atoms with E-state index in [-0.39, 0.29) is 5.82 Å². The first-order chi connectivity index (χ1) is 9.49. The fourth-order valence-electron chi connectivity index (χ4n) is 2.06. The molecule has 106 valence electrons. The molecule has 0 radical (unpaired) electrons. The Morgan fingerprint density at radius 3 is 2.55 bits per heavy atom. The SMILES string of the molecule is C[C@@H](O)c1ccc(N(C)Cc2ccccc2Br)c(F)c1. The molecule has 0 saturated heterocycles. The van der Waals surface area contributed by atoms with Crippen LogP contribution in [-0.4, -0.2) is 12.2 Å². The smallest absolute Gasteiger partial charge is 0.146 e. The van der Waals surface area contributed by atoms with E-state index >= 15 is 0 Å². The first-order valence-electron chi connectivity index (χ1n) is 6.41. The molecule has 20 heavy (non-hydrogen) atoms. The standard InChI is InChI=1S/C16H17BrFNO/c1-11(20)12-7-8-16(15(18)9-12)19(2)10-13-5-3-4-6-14(13)17/h3-9,11,20H,10H2,1-2H3/t11-/m1/s1. The Morgan fingerprint density at radius 1 is 1.25 bits per heavy atom. The summed E-state index contributed by atoms with van der Waals surface area (Å²) in [6.07, 6.45) is -0.660. The van der Waals surface area contributed by atoms with Crippen LogP contribution in [0.5, 0.6) is 0 Å². The first kappa shape index (κ1) is 15.0. The molecule has 4 heteroatoms. The number of anilines is 1. The van der Waals surface area contributed by atoms with Gasteiger partial charge in [-0.3, -0.25) is 0 Å². The average molecular weight is 338 g/mol. The maximum Gasteiger partial charge on any atom is 0.146 e. The molecule has 0 spiro atoms. The number of aliphatic hydroxyl groups is 1. The van der Waals surface area contributed by atoms with Crippen LogP contribution in [0.2, 0.25) is 0 Å². The lowest BCUT2D eigenvalue weighted by Gasteiger charge is -2.21. The van der Waals surface area contributed by atoms with E-state index < -0.39 is 6.10 Å². The van der Waals surface area contributed by atoms with Gasteiger partial charge in [0.25, 0.3) is 0 Å². The number of aliphatic hydroxyl groups excluding tert-OH is 1. The van der Waals surface area contributed by atoms with Crippen LogP contribution in [0.3, 0.4) is 0 Å². The molecule has 0 aliphatic rings. The second kappa shape index (κ2) is 6.37. The Balaban J connectivity index is 2.21. The highest BCUT2D eigenvalue weighted by Crippen LogP contribution is 2.25. The number of hydrogen-bond donors (Lipinski definition) is 1. The second-order valence-electron chi connectivity index (χ2n) is 4.83. The minimum absolute atomic E-state index is 0.321. The predicted octanol–water partition coefficient (Wildman–Crippen LogP) is 4.28. The maximum atomic E-state index is 14.1. The van der Waals surface area contributed by atoms with Crippen molar-refractivity contribution in [2.45, 2.75) is 19.6 Å². The molecule has 1 N–H and O–H groups in total. The van der Waals surface area contributed by atoms with E-state index in [0.29, 0.717) is 17.8 Å². The van der Waals surface area contributed by atoms with E-state index in [9.17, 15) is 9.50 Å². The highest BCUT2D eigenvalue weighted by Gasteiger charge is 2.11. The molecule has 1 atom stereocenters. The Kier molecular flexibility index (Phi) is 4.78. The fourth-order valence-corrected chi connectivity index (χ4v) is 2.47. The number of halogens is 2. The Bertz CT molecular complexity index is 601. The fraction of sp³-hybridized carbons (Fsp3) is 0.250. The monoisotopic (exact) mass is 337 g/mol. The van der Waals surface area contributed by atoms with Crippen molar-refractivity contribution in [3.05, 3.63) is 63.9 Å². The van der Waals surface area contributed by atoms with Gasteiger partial charge in [-0.1, -0.05) is 40.2 Å². The van der Waals surface area contributed by atoms with Gasteiger partial charge in [-0.05, 0) is 36.2 Å². The number of nitrogens with zero attached hydrogens (tertiary/aromatic N) is 1. The summed E-state index contributed by atoms with van der Waals surface area (Å²) in [5.41, 5.74) is 2.19. The second-order valence-corrected chi connectivity index (χ2v) is 5.69. The van der Waals surface area contributed by atoms with Crippen LogP contribution in [0.1, 0.15) is 24.2 Å². The summed E-state index contributed by atoms with van der Waals surface area (Å²) >= 11 is 3.49. The summed E-state index contributed by atoms with van der Waals surface area (Å²) in [5, 5.41) is 9.46. The minimum atomic E-state index is -0.660. The van der Waals surface area contributed by atoms with Crippen LogP contribution in [0.25, 0.3) is 0 Å². The number of benzene rings is 2. The van der Waals surface area contributed by atoms with Gasteiger partial charge in [-0.15, -0.1) is 0 Å². The van der Waals surface area contributed by atoms with Crippen molar-refractivity contribution in [2.24, 2.45) is 0 Å². The van der Waals surface area contributed by atoms with Gasteiger partial charge in [0.1, 0.15) is 5.82 Å². The van der Waals surface area contributed by atoms with E-state index in [1.54, 1.807) is 19.1 Å². The highest BCUT2D eigenvalue weighted by atomic mass is 79.9. The molecule has 2 nitrogen and oxygen atoms in total. The van der Waals surface area contributed by atoms with Crippen molar-refractivity contribution >= 4 is 21.6 Å². The van der Waals surface area contributed by atoms with Crippen molar-refractivity contribution in [1.82, 2.24) is 0 Å². The third-order valence-corrected chi connectivity index (χ3v) is 4.00. The molecule has 2 aromatic carbocycles. The topological polar surface area (TPSA) is 23.5 Å². The average Bonchev–Trinajstić information content (AvgIpc) is 2.41. The van der Waals surface area contributed by atoms with E-state index in [1.165, 1.54) is 6.07 Å². The van der Waals surface area contributed by atoms with Gasteiger partial charge in [-0.25, -0.2) is 4.39 Å². The molecule has 0 unspecified atom stereocenters. The Morgan fingerprint density at radius 2 is 1.95 bits per heavy atom. The first-order valence-corrected chi connectivity index (χ1v) is 7.20. The van der Waals surface area contributed by atoms with Crippen LogP contribution in [0.15, 0.2) is 46.9 Å². The van der Waals surface area contributed by atoms with Gasteiger partial charge in [-0.2, -0.15) is 0 Å². The summed E-state index contributed by atoms with van der Waals surface area (Å²) in [6.45, 7) is 2.23. The van der Waals surface area contributed by atoms with Crippen molar-refractivity contribution < 1.29 is 9.50 Å². The molecule has 2 aromatic rings. The molecule has 0 amide bonds. The molecule has 0 aliphatic heterocycles. The summed E-state index contributed by atoms with van der Waals surface area (Å²) in [7, 11) is 1.85. The van der Waals surface area contributed by atoms with Crippen LogP contribution < -0.4 is 4.90 Å². The lowest BCUT2D eigenvalue weighted by molar-refractivity contribution is 0.199. The van der Waals surface area contributed by atoms with Gasteiger partial charge >= 0.3 is 0 Å². The molecular weight excluding hydrogens is 321 g/mol. The van der Waals surface area contributed by atoms with Gasteiger partial charge < -0.3 is 10.0 Å². The van der Waals surface area contributed by atoms with Gasteiger partial charge in [0.2, 0.25) is 0 Å². The van der Waals surface area contributed by atoms with Gasteiger partial charge in [0.15, 0.2) is 0 Å². The molecule has 0 heterocycles. The van der Waals surface area contributed by atoms with E-state index in [4.69, 9.17) is 0 Å². The minimum Gasteiger partial charge on any atom is -0.389 e. The Labute approximate surface area is 127 Å². The summed E-state index contributed by atoms with van der Waals surface area (Å²) in [4.78, 5) is 1.85. The summed E-state index contributed by atoms with van der Waals surface area (Å²) in [5.74, 6) is -0.321. The molecule has 0 aliphatic carbocycles. The van der Waals surface area contributed by atoms with Crippen molar-refractivity contribution in [3.63, 3.8) is 0 Å². The lowest BCUT2D eigenvalue weighted by atomic mass is 10.1. The quantitative estimate of drug-likeness (QED) is 0.900. The largest absolute Gasteiger partial charge is 0.389 e. The third kappa shape index (κ3) is 3.38. The van der Waals surface area contributed by atoms with Crippen LogP contribution in [-0.2, 0) is 6.54 Å². The lowest BCUT2D eigenvalue weighted by Crippen LogP contribution is -2.18.